The van der Waals surface area contributed by atoms with Crippen molar-refractivity contribution in [3.63, 3.8) is 0 Å². The van der Waals surface area contributed by atoms with Gasteiger partial charge in [0.15, 0.2) is 0 Å². The molecule has 2 amide bonds. The van der Waals surface area contributed by atoms with Gasteiger partial charge in [-0.1, -0.05) is 13.8 Å². The molecule has 1 unspecified atom stereocenters. The molecule has 2 fully saturated rings. The Morgan fingerprint density at radius 1 is 1.44 bits per heavy atom. The van der Waals surface area contributed by atoms with E-state index in [2.05, 4.69) is 13.8 Å². The maximum absolute atomic E-state index is 12.2. The second kappa shape index (κ2) is 5.26. The van der Waals surface area contributed by atoms with Crippen LogP contribution in [0.5, 0.6) is 0 Å². The summed E-state index contributed by atoms with van der Waals surface area (Å²) >= 11 is 0. The quantitative estimate of drug-likeness (QED) is 0.776. The largest absolute Gasteiger partial charge is 0.391 e. The molecule has 0 aromatic heterocycles. The summed E-state index contributed by atoms with van der Waals surface area (Å²) in [6, 6.07) is 0. The molecule has 0 aromatic rings. The zero-order chi connectivity index (χ0) is 13.3. The normalized spacial score (nSPS) is 28.6. The van der Waals surface area contributed by atoms with E-state index in [1.165, 1.54) is 0 Å². The molecular formula is C13H22N2O3. The zero-order valence-corrected chi connectivity index (χ0v) is 11.1. The molecule has 0 aromatic carbocycles. The Morgan fingerprint density at radius 2 is 2.17 bits per heavy atom. The van der Waals surface area contributed by atoms with Crippen LogP contribution in [0.15, 0.2) is 0 Å². The van der Waals surface area contributed by atoms with E-state index >= 15 is 0 Å². The Labute approximate surface area is 108 Å². The summed E-state index contributed by atoms with van der Waals surface area (Å²) in [4.78, 5) is 27.5. The van der Waals surface area contributed by atoms with Crippen LogP contribution in [-0.4, -0.2) is 59.0 Å². The van der Waals surface area contributed by atoms with Gasteiger partial charge in [0.25, 0.3) is 0 Å². The van der Waals surface area contributed by atoms with Gasteiger partial charge in [-0.3, -0.25) is 9.59 Å². The van der Waals surface area contributed by atoms with Crippen molar-refractivity contribution < 1.29 is 14.7 Å². The van der Waals surface area contributed by atoms with Gasteiger partial charge >= 0.3 is 0 Å². The van der Waals surface area contributed by atoms with Crippen molar-refractivity contribution in [1.29, 1.82) is 0 Å². The molecule has 5 heteroatoms. The molecule has 5 nitrogen and oxygen atoms in total. The number of aliphatic hydroxyl groups excluding tert-OH is 1. The van der Waals surface area contributed by atoms with Crippen LogP contribution >= 0.6 is 0 Å². The number of hydrogen-bond donors (Lipinski definition) is 1. The maximum atomic E-state index is 12.2. The summed E-state index contributed by atoms with van der Waals surface area (Å²) in [5.41, 5.74) is 0. The van der Waals surface area contributed by atoms with Crippen LogP contribution in [0.2, 0.25) is 0 Å². The van der Waals surface area contributed by atoms with E-state index in [1.54, 1.807) is 9.80 Å². The van der Waals surface area contributed by atoms with Gasteiger partial charge in [-0.2, -0.15) is 0 Å². The molecule has 2 atom stereocenters. The average molecular weight is 254 g/mol. The van der Waals surface area contributed by atoms with E-state index < -0.39 is 6.10 Å². The van der Waals surface area contributed by atoms with Crippen LogP contribution in [0.3, 0.4) is 0 Å². The maximum Gasteiger partial charge on any atom is 0.228 e. The lowest BCUT2D eigenvalue weighted by molar-refractivity contribution is -0.135. The number of rotatable bonds is 3. The topological polar surface area (TPSA) is 60.9 Å². The first-order chi connectivity index (χ1) is 8.47. The van der Waals surface area contributed by atoms with Gasteiger partial charge < -0.3 is 14.9 Å². The predicted molar refractivity (Wildman–Crippen MR) is 66.7 cm³/mol. The first-order valence-corrected chi connectivity index (χ1v) is 6.72. The lowest BCUT2D eigenvalue weighted by atomic mass is 10.1. The predicted octanol–water partition coefficient (Wildman–Crippen LogP) is 0.0841. The van der Waals surface area contributed by atoms with Gasteiger partial charge in [-0.15, -0.1) is 0 Å². The highest BCUT2D eigenvalue weighted by Gasteiger charge is 2.38. The fourth-order valence-corrected chi connectivity index (χ4v) is 2.76. The first-order valence-electron chi connectivity index (χ1n) is 6.72. The van der Waals surface area contributed by atoms with E-state index in [0.29, 0.717) is 38.4 Å². The van der Waals surface area contributed by atoms with Crippen LogP contribution in [0, 0.1) is 11.8 Å². The summed E-state index contributed by atoms with van der Waals surface area (Å²) in [7, 11) is 0. The van der Waals surface area contributed by atoms with Crippen LogP contribution in [-0.2, 0) is 9.59 Å². The summed E-state index contributed by atoms with van der Waals surface area (Å²) in [5.74, 6) is 0.339. The summed E-state index contributed by atoms with van der Waals surface area (Å²) in [6.45, 7) is 6.45. The summed E-state index contributed by atoms with van der Waals surface area (Å²) in [5, 5.41) is 9.44. The van der Waals surface area contributed by atoms with Crippen LogP contribution in [0.4, 0.5) is 0 Å². The molecule has 18 heavy (non-hydrogen) atoms. The molecule has 2 rings (SSSR count). The lowest BCUT2D eigenvalue weighted by Crippen LogP contribution is -2.36. The van der Waals surface area contributed by atoms with Crippen molar-refractivity contribution in [3.8, 4) is 0 Å². The van der Waals surface area contributed by atoms with Crippen molar-refractivity contribution in [2.24, 2.45) is 11.8 Å². The molecule has 0 bridgehead atoms. The number of nitrogens with zero attached hydrogens (tertiary/aromatic N) is 2. The van der Waals surface area contributed by atoms with E-state index in [9.17, 15) is 14.7 Å². The summed E-state index contributed by atoms with van der Waals surface area (Å²) in [6.07, 6.45) is 0.595. The Bertz CT molecular complexity index is 343. The van der Waals surface area contributed by atoms with E-state index in [0.717, 1.165) is 6.54 Å². The number of carbonyl (C=O) groups excluding carboxylic acids is 2. The smallest absolute Gasteiger partial charge is 0.228 e. The third-order valence-electron chi connectivity index (χ3n) is 3.62. The number of amides is 2. The summed E-state index contributed by atoms with van der Waals surface area (Å²) < 4.78 is 0. The average Bonchev–Trinajstić information content (AvgIpc) is 2.85. The fraction of sp³-hybridized carbons (Fsp3) is 0.846. The molecule has 0 aliphatic carbocycles. The molecule has 0 saturated carbocycles. The van der Waals surface area contributed by atoms with Gasteiger partial charge in [0, 0.05) is 32.6 Å². The van der Waals surface area contributed by atoms with Crippen molar-refractivity contribution in [1.82, 2.24) is 9.80 Å². The monoisotopic (exact) mass is 254 g/mol. The molecule has 2 saturated heterocycles. The van der Waals surface area contributed by atoms with Gasteiger partial charge in [0.1, 0.15) is 0 Å². The molecule has 1 N–H and O–H groups in total. The second-order valence-corrected chi connectivity index (χ2v) is 5.82. The van der Waals surface area contributed by atoms with Gasteiger partial charge in [-0.25, -0.2) is 0 Å². The van der Waals surface area contributed by atoms with Crippen LogP contribution in [0.25, 0.3) is 0 Å². The van der Waals surface area contributed by atoms with Gasteiger partial charge in [0.05, 0.1) is 12.0 Å². The first kappa shape index (κ1) is 13.3. The van der Waals surface area contributed by atoms with E-state index in [1.807, 2.05) is 0 Å². The Morgan fingerprint density at radius 3 is 2.72 bits per heavy atom. The Balaban J connectivity index is 1.91. The van der Waals surface area contributed by atoms with Crippen molar-refractivity contribution >= 4 is 11.8 Å². The minimum atomic E-state index is -0.391. The highest BCUT2D eigenvalue weighted by atomic mass is 16.3. The molecule has 2 aliphatic rings. The Hall–Kier alpha value is -1.10. The van der Waals surface area contributed by atoms with Crippen molar-refractivity contribution in [2.45, 2.75) is 32.8 Å². The SMILES string of the molecule is CC(C)CN1CC(C(=O)N2CC[C@@H](O)C2)CC1=O. The standard InChI is InChI=1S/C13H22N2O3/c1-9(2)6-15-7-10(5-12(15)17)13(18)14-4-3-11(16)8-14/h9-11,16H,3-8H2,1-2H3/t10?,11-/m1/s1. The van der Waals surface area contributed by atoms with E-state index in [-0.39, 0.29) is 17.7 Å². The second-order valence-electron chi connectivity index (χ2n) is 5.82. The lowest BCUT2D eigenvalue weighted by Gasteiger charge is -2.21. The van der Waals surface area contributed by atoms with E-state index in [4.69, 9.17) is 0 Å². The number of aliphatic hydroxyl groups is 1. The van der Waals surface area contributed by atoms with Gasteiger partial charge in [0.2, 0.25) is 11.8 Å². The molecule has 0 spiro atoms. The fourth-order valence-electron chi connectivity index (χ4n) is 2.76. The number of hydrogen-bond acceptors (Lipinski definition) is 3. The van der Waals surface area contributed by atoms with Gasteiger partial charge in [-0.05, 0) is 12.3 Å². The third kappa shape index (κ3) is 2.83. The highest BCUT2D eigenvalue weighted by Crippen LogP contribution is 2.23. The molecule has 2 aliphatic heterocycles. The minimum Gasteiger partial charge on any atom is -0.391 e. The Kier molecular flexibility index (Phi) is 3.90. The molecule has 0 radical (unpaired) electrons. The van der Waals surface area contributed by atoms with Crippen molar-refractivity contribution in [3.05, 3.63) is 0 Å². The van der Waals surface area contributed by atoms with Crippen LogP contribution < -0.4 is 0 Å². The third-order valence-corrected chi connectivity index (χ3v) is 3.62. The number of β-amino-alcohol motifs (C(OH)–C–C–N with tert-alkyl or cyclic N) is 1. The van der Waals surface area contributed by atoms with Crippen LogP contribution in [0.1, 0.15) is 26.7 Å². The molecule has 102 valence electrons. The zero-order valence-electron chi connectivity index (χ0n) is 11.1. The number of likely N-dealkylation sites (tertiary alicyclic amines) is 2. The number of carbonyl (C=O) groups is 2. The molecular weight excluding hydrogens is 232 g/mol. The highest BCUT2D eigenvalue weighted by molar-refractivity contribution is 5.89. The minimum absolute atomic E-state index is 0.0335. The molecule has 2 heterocycles. The van der Waals surface area contributed by atoms with Crippen molar-refractivity contribution in [2.75, 3.05) is 26.2 Å².